The molecule has 2 aromatic rings. The van der Waals surface area contributed by atoms with Gasteiger partial charge in [-0.2, -0.15) is 13.2 Å². The van der Waals surface area contributed by atoms with Crippen molar-refractivity contribution >= 4 is 10.9 Å². The highest BCUT2D eigenvalue weighted by Crippen LogP contribution is 2.30. The van der Waals surface area contributed by atoms with E-state index in [4.69, 9.17) is 4.74 Å². The standard InChI is InChI=1S/C16H17F3N2O2/c17-16(18,19)10-4-6-12-13(9-10)20-14(21-15(12)22)7-5-11-3-1-2-8-23-11/h4,6,9,11H,1-3,5,7-8H2,(H,20,21,22)/t11-/m0/s1. The summed E-state index contributed by atoms with van der Waals surface area (Å²) in [5, 5.41) is 0.163. The predicted molar refractivity (Wildman–Crippen MR) is 79.3 cm³/mol. The maximum absolute atomic E-state index is 12.8. The van der Waals surface area contributed by atoms with E-state index in [1.807, 2.05) is 0 Å². The number of fused-ring (bicyclic) bond motifs is 1. The molecule has 1 atom stereocenters. The third-order valence-corrected chi connectivity index (χ3v) is 4.06. The maximum atomic E-state index is 12.8. The Balaban J connectivity index is 1.84. The average Bonchev–Trinajstić information content (AvgIpc) is 2.52. The number of aryl methyl sites for hydroxylation is 1. The number of alkyl halides is 3. The van der Waals surface area contributed by atoms with Crippen LogP contribution in [0.4, 0.5) is 13.2 Å². The summed E-state index contributed by atoms with van der Waals surface area (Å²) in [6.07, 6.45) is -0.000986. The van der Waals surface area contributed by atoms with Crippen molar-refractivity contribution in [3.05, 3.63) is 39.9 Å². The Morgan fingerprint density at radius 2 is 2.13 bits per heavy atom. The lowest BCUT2D eigenvalue weighted by Gasteiger charge is -2.22. The van der Waals surface area contributed by atoms with Gasteiger partial charge in [-0.15, -0.1) is 0 Å². The van der Waals surface area contributed by atoms with E-state index in [0.29, 0.717) is 18.7 Å². The molecular formula is C16H17F3N2O2. The first-order chi connectivity index (χ1) is 10.9. The van der Waals surface area contributed by atoms with Crippen LogP contribution in [0.5, 0.6) is 0 Å². The van der Waals surface area contributed by atoms with Crippen LogP contribution in [0.25, 0.3) is 10.9 Å². The topological polar surface area (TPSA) is 55.0 Å². The van der Waals surface area contributed by atoms with Gasteiger partial charge in [0.15, 0.2) is 0 Å². The summed E-state index contributed by atoms with van der Waals surface area (Å²) in [4.78, 5) is 18.8. The van der Waals surface area contributed by atoms with E-state index < -0.39 is 17.3 Å². The Bertz CT molecular complexity index is 749. The van der Waals surface area contributed by atoms with Crippen LogP contribution < -0.4 is 5.56 Å². The van der Waals surface area contributed by atoms with Crippen molar-refractivity contribution in [2.45, 2.75) is 44.4 Å². The molecule has 0 radical (unpaired) electrons. The van der Waals surface area contributed by atoms with E-state index in [9.17, 15) is 18.0 Å². The van der Waals surface area contributed by atoms with E-state index >= 15 is 0 Å². The molecule has 1 aliphatic heterocycles. The monoisotopic (exact) mass is 326 g/mol. The second-order valence-corrected chi connectivity index (χ2v) is 5.77. The molecule has 1 N–H and O–H groups in total. The summed E-state index contributed by atoms with van der Waals surface area (Å²) in [5.74, 6) is 0.399. The van der Waals surface area contributed by atoms with Gasteiger partial charge in [-0.25, -0.2) is 4.98 Å². The molecular weight excluding hydrogens is 309 g/mol. The summed E-state index contributed by atoms with van der Waals surface area (Å²) in [5.41, 5.74) is -1.14. The molecule has 0 saturated carbocycles. The molecule has 1 aliphatic rings. The van der Waals surface area contributed by atoms with Crippen molar-refractivity contribution in [1.29, 1.82) is 0 Å². The Morgan fingerprint density at radius 3 is 2.83 bits per heavy atom. The minimum absolute atomic E-state index is 0.0723. The van der Waals surface area contributed by atoms with Gasteiger partial charge in [0.2, 0.25) is 0 Å². The van der Waals surface area contributed by atoms with Crippen LogP contribution in [-0.4, -0.2) is 22.7 Å². The van der Waals surface area contributed by atoms with Crippen molar-refractivity contribution in [3.8, 4) is 0 Å². The van der Waals surface area contributed by atoms with Crippen molar-refractivity contribution in [1.82, 2.24) is 9.97 Å². The molecule has 23 heavy (non-hydrogen) atoms. The van der Waals surface area contributed by atoms with Gasteiger partial charge in [0.1, 0.15) is 5.82 Å². The first-order valence-corrected chi connectivity index (χ1v) is 7.65. The lowest BCUT2D eigenvalue weighted by molar-refractivity contribution is -0.137. The minimum Gasteiger partial charge on any atom is -0.378 e. The van der Waals surface area contributed by atoms with Crippen LogP contribution in [0.15, 0.2) is 23.0 Å². The van der Waals surface area contributed by atoms with Crippen LogP contribution >= 0.6 is 0 Å². The first kappa shape index (κ1) is 16.0. The molecule has 1 saturated heterocycles. The highest BCUT2D eigenvalue weighted by Gasteiger charge is 2.30. The number of rotatable bonds is 3. The molecule has 0 aliphatic carbocycles. The number of nitrogens with one attached hydrogen (secondary N) is 1. The Labute approximate surface area is 130 Å². The highest BCUT2D eigenvalue weighted by molar-refractivity contribution is 5.78. The van der Waals surface area contributed by atoms with Gasteiger partial charge in [-0.3, -0.25) is 4.79 Å². The summed E-state index contributed by atoms with van der Waals surface area (Å²) < 4.78 is 43.9. The number of ether oxygens (including phenoxy) is 1. The second kappa shape index (κ2) is 6.31. The van der Waals surface area contributed by atoms with E-state index in [2.05, 4.69) is 9.97 Å². The van der Waals surface area contributed by atoms with Gasteiger partial charge < -0.3 is 9.72 Å². The normalized spacial score (nSPS) is 19.2. The van der Waals surface area contributed by atoms with E-state index in [1.54, 1.807) is 0 Å². The quantitative estimate of drug-likeness (QED) is 0.940. The Hall–Kier alpha value is -1.89. The Morgan fingerprint density at radius 1 is 1.30 bits per heavy atom. The van der Waals surface area contributed by atoms with Gasteiger partial charge >= 0.3 is 6.18 Å². The number of aromatic nitrogens is 2. The summed E-state index contributed by atoms with van der Waals surface area (Å²) in [6.45, 7) is 0.737. The van der Waals surface area contributed by atoms with Gasteiger partial charge in [0.25, 0.3) is 5.56 Å². The Kier molecular flexibility index (Phi) is 4.39. The molecule has 7 heteroatoms. The predicted octanol–water partition coefficient (Wildman–Crippen LogP) is 3.44. The van der Waals surface area contributed by atoms with Crippen molar-refractivity contribution in [3.63, 3.8) is 0 Å². The summed E-state index contributed by atoms with van der Waals surface area (Å²) >= 11 is 0. The number of hydrogen-bond acceptors (Lipinski definition) is 3. The number of benzene rings is 1. The number of halogens is 3. The van der Waals surface area contributed by atoms with Crippen LogP contribution in [0, 0.1) is 0 Å². The number of aromatic amines is 1. The highest BCUT2D eigenvalue weighted by atomic mass is 19.4. The van der Waals surface area contributed by atoms with E-state index in [-0.39, 0.29) is 17.0 Å². The zero-order chi connectivity index (χ0) is 16.4. The lowest BCUT2D eigenvalue weighted by atomic mass is 10.0. The molecule has 1 fully saturated rings. The van der Waals surface area contributed by atoms with Crippen molar-refractivity contribution < 1.29 is 17.9 Å². The van der Waals surface area contributed by atoms with Gasteiger partial charge in [0.05, 0.1) is 22.6 Å². The van der Waals surface area contributed by atoms with Crippen LogP contribution in [-0.2, 0) is 17.3 Å². The van der Waals surface area contributed by atoms with Crippen molar-refractivity contribution in [2.24, 2.45) is 0 Å². The van der Waals surface area contributed by atoms with Gasteiger partial charge in [0, 0.05) is 13.0 Å². The molecule has 0 unspecified atom stereocenters. The first-order valence-electron chi connectivity index (χ1n) is 7.65. The third kappa shape index (κ3) is 3.72. The molecule has 1 aromatic heterocycles. The SMILES string of the molecule is O=c1[nH]c(CC[C@@H]2CCCCO2)nc2cc(C(F)(F)F)ccc12. The number of nitrogens with zero attached hydrogens (tertiary/aromatic N) is 1. The fraction of sp³-hybridized carbons (Fsp3) is 0.500. The average molecular weight is 326 g/mol. The van der Waals surface area contributed by atoms with Gasteiger partial charge in [-0.05, 0) is 43.9 Å². The molecule has 2 heterocycles. The molecule has 3 rings (SSSR count). The second-order valence-electron chi connectivity index (χ2n) is 5.77. The van der Waals surface area contributed by atoms with Gasteiger partial charge in [-0.1, -0.05) is 0 Å². The van der Waals surface area contributed by atoms with E-state index in [1.165, 1.54) is 0 Å². The summed E-state index contributed by atoms with van der Waals surface area (Å²) in [7, 11) is 0. The third-order valence-electron chi connectivity index (χ3n) is 4.06. The minimum atomic E-state index is -4.45. The molecule has 4 nitrogen and oxygen atoms in total. The molecule has 0 spiro atoms. The fourth-order valence-electron chi connectivity index (χ4n) is 2.82. The number of hydrogen-bond donors (Lipinski definition) is 1. The fourth-order valence-corrected chi connectivity index (χ4v) is 2.82. The van der Waals surface area contributed by atoms with Crippen LogP contribution in [0.2, 0.25) is 0 Å². The lowest BCUT2D eigenvalue weighted by Crippen LogP contribution is -2.21. The molecule has 0 bridgehead atoms. The largest absolute Gasteiger partial charge is 0.416 e. The maximum Gasteiger partial charge on any atom is 0.416 e. The number of H-pyrrole nitrogens is 1. The zero-order valence-corrected chi connectivity index (χ0v) is 12.4. The smallest absolute Gasteiger partial charge is 0.378 e. The molecule has 0 amide bonds. The molecule has 1 aromatic carbocycles. The van der Waals surface area contributed by atoms with Crippen LogP contribution in [0.3, 0.4) is 0 Å². The summed E-state index contributed by atoms with van der Waals surface area (Å²) in [6, 6.07) is 2.98. The van der Waals surface area contributed by atoms with Crippen molar-refractivity contribution in [2.75, 3.05) is 6.61 Å². The zero-order valence-electron chi connectivity index (χ0n) is 12.4. The van der Waals surface area contributed by atoms with Crippen LogP contribution in [0.1, 0.15) is 37.1 Å². The molecule has 124 valence electrons. The van der Waals surface area contributed by atoms with E-state index in [0.717, 1.165) is 44.1 Å².